The van der Waals surface area contributed by atoms with E-state index in [0.717, 1.165) is 0 Å². The summed E-state index contributed by atoms with van der Waals surface area (Å²) in [5.41, 5.74) is 0.820. The van der Waals surface area contributed by atoms with Crippen molar-refractivity contribution in [2.24, 2.45) is 0 Å². The second-order valence-corrected chi connectivity index (χ2v) is 4.92. The molecule has 0 aromatic carbocycles. The molecule has 1 N–H and O–H groups in total. The van der Waals surface area contributed by atoms with Crippen LogP contribution in [-0.4, -0.2) is 40.0 Å². The average Bonchev–Trinajstić information content (AvgIpc) is 3.17. The van der Waals surface area contributed by atoms with Crippen molar-refractivity contribution in [3.8, 4) is 11.6 Å². The first-order valence-corrected chi connectivity index (χ1v) is 7.46. The molecule has 0 radical (unpaired) electrons. The highest BCUT2D eigenvalue weighted by molar-refractivity contribution is 6.01. The summed E-state index contributed by atoms with van der Waals surface area (Å²) < 4.78 is 14.7. The van der Waals surface area contributed by atoms with Crippen molar-refractivity contribution in [3.05, 3.63) is 48.0 Å². The number of aromatic hydroxyl groups is 1. The maximum atomic E-state index is 11.3. The molecule has 3 aromatic rings. The van der Waals surface area contributed by atoms with Gasteiger partial charge in [-0.05, 0) is 31.2 Å². The molecular formula is C17H14N2O6. The summed E-state index contributed by atoms with van der Waals surface area (Å²) in [7, 11) is 0. The minimum Gasteiger partial charge on any atom is -0.503 e. The second-order valence-electron chi connectivity index (χ2n) is 4.92. The average molecular weight is 342 g/mol. The third-order valence-electron chi connectivity index (χ3n) is 3.31. The van der Waals surface area contributed by atoms with E-state index in [9.17, 15) is 14.7 Å². The van der Waals surface area contributed by atoms with Crippen LogP contribution in [0.15, 0.2) is 41.1 Å². The van der Waals surface area contributed by atoms with Crippen LogP contribution in [0.4, 0.5) is 0 Å². The van der Waals surface area contributed by atoms with Crippen LogP contribution in [0.2, 0.25) is 0 Å². The van der Waals surface area contributed by atoms with Gasteiger partial charge >= 0.3 is 5.97 Å². The van der Waals surface area contributed by atoms with Crippen molar-refractivity contribution < 1.29 is 28.6 Å². The van der Waals surface area contributed by atoms with Crippen LogP contribution in [0.1, 0.15) is 27.8 Å². The van der Waals surface area contributed by atoms with Gasteiger partial charge in [-0.3, -0.25) is 4.79 Å². The Hall–Kier alpha value is -3.42. The topological polar surface area (TPSA) is 112 Å². The van der Waals surface area contributed by atoms with Crippen molar-refractivity contribution in [1.29, 1.82) is 0 Å². The number of pyridine rings is 2. The van der Waals surface area contributed by atoms with Crippen LogP contribution in [0.25, 0.3) is 11.1 Å². The number of hydrogen-bond donors (Lipinski definition) is 1. The Labute approximate surface area is 142 Å². The van der Waals surface area contributed by atoms with Gasteiger partial charge in [0.05, 0.1) is 17.6 Å². The number of rotatable bonds is 2. The highest BCUT2D eigenvalue weighted by atomic mass is 16.5. The predicted molar refractivity (Wildman–Crippen MR) is 85.7 cm³/mol. The molecule has 0 saturated heterocycles. The molecule has 3 aromatic heterocycles. The number of aromatic nitrogens is 2. The number of ether oxygens (including phenoxy) is 2. The van der Waals surface area contributed by atoms with Crippen LogP contribution in [0.5, 0.6) is 11.6 Å². The fraction of sp³-hybridized carbons (Fsp3) is 0.176. The van der Waals surface area contributed by atoms with Crippen molar-refractivity contribution in [3.63, 3.8) is 0 Å². The third-order valence-corrected chi connectivity index (χ3v) is 3.31. The van der Waals surface area contributed by atoms with Crippen molar-refractivity contribution >= 4 is 22.9 Å². The van der Waals surface area contributed by atoms with Gasteiger partial charge in [0, 0.05) is 12.4 Å². The molecular weight excluding hydrogens is 328 g/mol. The standard InChI is InChI=1S/C10H9NO4.C7H5NO2/c1-2-14-10(13)8-7(12)6-4-3-5-11-9(6)15-8;9-6-4-10-7-5(6)2-1-3-8-7/h3-5,12H,2H2,1H3;1-3H,4H2. The number of esters is 1. The Morgan fingerprint density at radius 1 is 1.28 bits per heavy atom. The lowest BCUT2D eigenvalue weighted by Gasteiger charge is -1.96. The van der Waals surface area contributed by atoms with E-state index in [2.05, 4.69) is 9.97 Å². The van der Waals surface area contributed by atoms with Crippen molar-refractivity contribution in [1.82, 2.24) is 9.97 Å². The zero-order chi connectivity index (χ0) is 17.8. The van der Waals surface area contributed by atoms with Crippen LogP contribution in [-0.2, 0) is 4.74 Å². The van der Waals surface area contributed by atoms with Crippen LogP contribution < -0.4 is 4.74 Å². The number of fused-ring (bicyclic) bond motifs is 2. The van der Waals surface area contributed by atoms with E-state index in [1.165, 1.54) is 6.20 Å². The molecule has 128 valence electrons. The van der Waals surface area contributed by atoms with Crippen LogP contribution in [0, 0.1) is 0 Å². The van der Waals surface area contributed by atoms with E-state index in [-0.39, 0.29) is 36.2 Å². The van der Waals surface area contributed by atoms with Gasteiger partial charge in [-0.2, -0.15) is 0 Å². The number of ketones is 1. The SMILES string of the molecule is CCOC(=O)c1oc2ncccc2c1O.O=C1COc2ncccc21. The maximum Gasteiger partial charge on any atom is 0.378 e. The van der Waals surface area contributed by atoms with Gasteiger partial charge in [0.15, 0.2) is 12.4 Å². The lowest BCUT2D eigenvalue weighted by Crippen LogP contribution is -2.02. The molecule has 8 nitrogen and oxygen atoms in total. The van der Waals surface area contributed by atoms with Gasteiger partial charge in [-0.15, -0.1) is 0 Å². The van der Waals surface area contributed by atoms with Gasteiger partial charge in [0.25, 0.3) is 5.76 Å². The molecule has 0 amide bonds. The summed E-state index contributed by atoms with van der Waals surface area (Å²) in [6.45, 7) is 2.05. The Morgan fingerprint density at radius 2 is 2.04 bits per heavy atom. The first kappa shape index (κ1) is 16.4. The maximum absolute atomic E-state index is 11.3. The molecule has 0 aliphatic carbocycles. The predicted octanol–water partition coefficient (Wildman–Crippen LogP) is 2.37. The van der Waals surface area contributed by atoms with Gasteiger partial charge in [-0.25, -0.2) is 14.8 Å². The van der Waals surface area contributed by atoms with E-state index in [1.54, 1.807) is 37.4 Å². The summed E-state index contributed by atoms with van der Waals surface area (Å²) in [5, 5.41) is 10.1. The van der Waals surface area contributed by atoms with Gasteiger partial charge in [0.2, 0.25) is 17.4 Å². The number of nitrogens with zero attached hydrogens (tertiary/aromatic N) is 2. The second kappa shape index (κ2) is 7.00. The molecule has 0 unspecified atom stereocenters. The summed E-state index contributed by atoms with van der Waals surface area (Å²) >= 11 is 0. The number of carbonyl (C=O) groups is 2. The first-order chi connectivity index (χ1) is 12.1. The zero-order valence-corrected chi connectivity index (χ0v) is 13.3. The molecule has 4 heterocycles. The molecule has 0 fully saturated rings. The largest absolute Gasteiger partial charge is 0.503 e. The number of carbonyl (C=O) groups excluding carboxylic acids is 2. The molecule has 0 atom stereocenters. The Balaban J connectivity index is 0.000000157. The molecule has 4 rings (SSSR count). The smallest absolute Gasteiger partial charge is 0.378 e. The van der Waals surface area contributed by atoms with Crippen molar-refractivity contribution in [2.45, 2.75) is 6.92 Å². The molecule has 25 heavy (non-hydrogen) atoms. The quantitative estimate of drug-likeness (QED) is 0.706. The van der Waals surface area contributed by atoms with E-state index in [0.29, 0.717) is 16.8 Å². The molecule has 0 saturated carbocycles. The number of hydrogen-bond acceptors (Lipinski definition) is 8. The molecule has 8 heteroatoms. The minimum absolute atomic E-state index is 0.0168. The Morgan fingerprint density at radius 3 is 2.76 bits per heavy atom. The van der Waals surface area contributed by atoms with Gasteiger partial charge < -0.3 is 19.0 Å². The summed E-state index contributed by atoms with van der Waals surface area (Å²) in [4.78, 5) is 30.0. The Kier molecular flexibility index (Phi) is 4.60. The summed E-state index contributed by atoms with van der Waals surface area (Å²) in [5.74, 6) is -0.634. The fourth-order valence-corrected chi connectivity index (χ4v) is 2.18. The van der Waals surface area contributed by atoms with Crippen molar-refractivity contribution in [2.75, 3.05) is 13.2 Å². The van der Waals surface area contributed by atoms with E-state index >= 15 is 0 Å². The fourth-order valence-electron chi connectivity index (χ4n) is 2.18. The minimum atomic E-state index is -0.687. The Bertz CT molecular complexity index is 934. The highest BCUT2D eigenvalue weighted by Gasteiger charge is 2.22. The highest BCUT2D eigenvalue weighted by Crippen LogP contribution is 2.30. The molecule has 0 bridgehead atoms. The monoisotopic (exact) mass is 342 g/mol. The zero-order valence-electron chi connectivity index (χ0n) is 13.3. The third kappa shape index (κ3) is 3.27. The molecule has 1 aliphatic heterocycles. The summed E-state index contributed by atoms with van der Waals surface area (Å²) in [6, 6.07) is 6.71. The van der Waals surface area contributed by atoms with E-state index in [1.807, 2.05) is 0 Å². The lowest BCUT2D eigenvalue weighted by molar-refractivity contribution is 0.0487. The van der Waals surface area contributed by atoms with Crippen LogP contribution >= 0.6 is 0 Å². The molecule has 1 aliphatic rings. The van der Waals surface area contributed by atoms with Gasteiger partial charge in [0.1, 0.15) is 0 Å². The van der Waals surface area contributed by atoms with Gasteiger partial charge in [-0.1, -0.05) is 0 Å². The van der Waals surface area contributed by atoms with E-state index < -0.39 is 5.97 Å². The van der Waals surface area contributed by atoms with E-state index in [4.69, 9.17) is 13.9 Å². The van der Waals surface area contributed by atoms with Crippen LogP contribution in [0.3, 0.4) is 0 Å². The number of furan rings is 1. The lowest BCUT2D eigenvalue weighted by atomic mass is 10.2. The number of Topliss-reactive ketones (excluding diaryl/α,β-unsaturated/α-hetero) is 1. The molecule has 0 spiro atoms. The first-order valence-electron chi connectivity index (χ1n) is 7.46. The summed E-state index contributed by atoms with van der Waals surface area (Å²) in [6.07, 6.45) is 3.12. The normalized spacial score (nSPS) is 12.1.